The number of rotatable bonds is 3. The topological polar surface area (TPSA) is 92.3 Å². The molecule has 0 aliphatic carbocycles. The van der Waals surface area contributed by atoms with Crippen LogP contribution in [0.1, 0.15) is 47.6 Å². The molecule has 0 bridgehead atoms. The molecule has 9 nitrogen and oxygen atoms in total. The summed E-state index contributed by atoms with van der Waals surface area (Å²) in [7, 11) is 3.36. The van der Waals surface area contributed by atoms with Crippen LogP contribution in [0.2, 0.25) is 0 Å². The van der Waals surface area contributed by atoms with E-state index in [0.29, 0.717) is 18.1 Å². The number of ether oxygens (including phenoxy) is 2. The van der Waals surface area contributed by atoms with Gasteiger partial charge in [0.05, 0.1) is 25.3 Å². The summed E-state index contributed by atoms with van der Waals surface area (Å²) in [6.45, 7) is 7.98. The molecule has 2 aliphatic rings. The van der Waals surface area contributed by atoms with Gasteiger partial charge < -0.3 is 24.2 Å². The molecule has 0 aromatic carbocycles. The largest absolute Gasteiger partial charge is 0.469 e. The number of nitrogens with zero attached hydrogens (tertiary/aromatic N) is 4. The Labute approximate surface area is 180 Å². The van der Waals surface area contributed by atoms with Gasteiger partial charge in [0.2, 0.25) is 0 Å². The molecular formula is C20H30N4O5S. The molecule has 0 saturated carbocycles. The van der Waals surface area contributed by atoms with Crippen LogP contribution < -0.4 is 0 Å². The highest BCUT2D eigenvalue weighted by Gasteiger charge is 2.37. The molecule has 1 aromatic rings. The Kier molecular flexibility index (Phi) is 6.66. The molecule has 166 valence electrons. The predicted octanol–water partition coefficient (Wildman–Crippen LogP) is 1.76. The van der Waals surface area contributed by atoms with Crippen LogP contribution >= 0.6 is 11.3 Å². The number of fused-ring (bicyclic) bond motifs is 1. The van der Waals surface area contributed by atoms with Crippen molar-refractivity contribution in [3.8, 4) is 0 Å². The van der Waals surface area contributed by atoms with Gasteiger partial charge in [0.15, 0.2) is 5.01 Å². The fourth-order valence-electron chi connectivity index (χ4n) is 3.60. The Balaban J connectivity index is 1.76. The van der Waals surface area contributed by atoms with Crippen molar-refractivity contribution >= 4 is 29.3 Å². The average Bonchev–Trinajstić information content (AvgIpc) is 3.09. The summed E-state index contributed by atoms with van der Waals surface area (Å²) in [5.74, 6) is -0.626. The van der Waals surface area contributed by atoms with E-state index in [1.54, 1.807) is 30.6 Å². The van der Waals surface area contributed by atoms with Gasteiger partial charge in [-0.05, 0) is 27.8 Å². The fraction of sp³-hybridized carbons (Fsp3) is 0.700. The first-order chi connectivity index (χ1) is 14.1. The number of methoxy groups -OCH3 is 1. The van der Waals surface area contributed by atoms with E-state index in [4.69, 9.17) is 9.47 Å². The number of carbonyl (C=O) groups excluding carboxylic acids is 3. The maximum absolute atomic E-state index is 13.3. The first-order valence-corrected chi connectivity index (χ1v) is 10.9. The van der Waals surface area contributed by atoms with Crippen molar-refractivity contribution in [2.75, 3.05) is 40.3 Å². The van der Waals surface area contributed by atoms with Crippen LogP contribution in [0.4, 0.5) is 4.79 Å². The smallest absolute Gasteiger partial charge is 0.410 e. The zero-order valence-corrected chi connectivity index (χ0v) is 19.1. The van der Waals surface area contributed by atoms with E-state index >= 15 is 0 Å². The molecule has 2 aliphatic heterocycles. The molecule has 0 radical (unpaired) electrons. The minimum absolute atomic E-state index is 0.00929. The van der Waals surface area contributed by atoms with Crippen LogP contribution in [0.5, 0.6) is 0 Å². The number of piperazine rings is 1. The van der Waals surface area contributed by atoms with Crippen molar-refractivity contribution in [1.82, 2.24) is 19.7 Å². The number of likely N-dealkylation sites (N-methyl/N-ethyl adjacent to an activating group) is 1. The molecular weight excluding hydrogens is 408 g/mol. The molecule has 30 heavy (non-hydrogen) atoms. The zero-order chi connectivity index (χ0) is 22.1. The number of thiazole rings is 1. The zero-order valence-electron chi connectivity index (χ0n) is 18.3. The number of hydrogen-bond donors (Lipinski definition) is 0. The summed E-state index contributed by atoms with van der Waals surface area (Å²) in [6, 6.07) is -0.491. The van der Waals surface area contributed by atoms with E-state index in [2.05, 4.69) is 9.88 Å². The lowest BCUT2D eigenvalue weighted by atomic mass is 10.1. The number of carbonyl (C=O) groups is 3. The summed E-state index contributed by atoms with van der Waals surface area (Å²) in [5.41, 5.74) is 0.369. The highest BCUT2D eigenvalue weighted by atomic mass is 32.1. The normalized spacial score (nSPS) is 20.0. The van der Waals surface area contributed by atoms with E-state index in [-0.39, 0.29) is 18.9 Å². The van der Waals surface area contributed by atoms with Crippen molar-refractivity contribution in [3.63, 3.8) is 0 Å². The molecule has 0 N–H and O–H groups in total. The fourth-order valence-corrected chi connectivity index (χ4v) is 4.75. The second kappa shape index (κ2) is 8.89. The third kappa shape index (κ3) is 5.28. The average molecular weight is 439 g/mol. The van der Waals surface area contributed by atoms with Gasteiger partial charge in [-0.3, -0.25) is 9.59 Å². The lowest BCUT2D eigenvalue weighted by Crippen LogP contribution is -2.57. The highest BCUT2D eigenvalue weighted by molar-refractivity contribution is 7.13. The molecule has 1 unspecified atom stereocenters. The predicted molar refractivity (Wildman–Crippen MR) is 111 cm³/mol. The van der Waals surface area contributed by atoms with Crippen LogP contribution in [0.3, 0.4) is 0 Å². The number of aromatic nitrogens is 1. The third-order valence-electron chi connectivity index (χ3n) is 5.13. The van der Waals surface area contributed by atoms with Crippen molar-refractivity contribution in [2.24, 2.45) is 0 Å². The number of esters is 1. The minimum atomic E-state index is -0.616. The van der Waals surface area contributed by atoms with Crippen LogP contribution in [-0.4, -0.2) is 89.6 Å². The summed E-state index contributed by atoms with van der Waals surface area (Å²) < 4.78 is 10.3. The van der Waals surface area contributed by atoms with E-state index in [9.17, 15) is 14.4 Å². The summed E-state index contributed by atoms with van der Waals surface area (Å²) in [5, 5.41) is 0.441. The molecule has 2 amide bonds. The van der Waals surface area contributed by atoms with E-state index < -0.39 is 23.7 Å². The molecule has 1 fully saturated rings. The van der Waals surface area contributed by atoms with Crippen LogP contribution in [0, 0.1) is 0 Å². The summed E-state index contributed by atoms with van der Waals surface area (Å²) >= 11 is 1.42. The lowest BCUT2D eigenvalue weighted by molar-refractivity contribution is -0.142. The highest BCUT2D eigenvalue weighted by Crippen LogP contribution is 2.27. The first kappa shape index (κ1) is 22.5. The molecule has 10 heteroatoms. The Morgan fingerprint density at radius 2 is 1.93 bits per heavy atom. The minimum Gasteiger partial charge on any atom is -0.469 e. The monoisotopic (exact) mass is 438 g/mol. The Morgan fingerprint density at radius 3 is 2.60 bits per heavy atom. The SMILES string of the molecule is COC(=O)CC1CN(C(=O)OC(C)(C)C)CCN1C(=O)c1nc2c(s1)CN(C)CC2. The molecule has 1 aromatic heterocycles. The molecule has 1 atom stereocenters. The van der Waals surface area contributed by atoms with Crippen molar-refractivity contribution in [2.45, 2.75) is 51.8 Å². The number of amides is 2. The quantitative estimate of drug-likeness (QED) is 0.664. The van der Waals surface area contributed by atoms with E-state index in [1.165, 1.54) is 18.4 Å². The summed E-state index contributed by atoms with van der Waals surface area (Å²) in [4.78, 5) is 48.8. The van der Waals surface area contributed by atoms with E-state index in [1.807, 2.05) is 7.05 Å². The van der Waals surface area contributed by atoms with E-state index in [0.717, 1.165) is 30.1 Å². The third-order valence-corrected chi connectivity index (χ3v) is 6.20. The van der Waals surface area contributed by atoms with Gasteiger partial charge in [-0.2, -0.15) is 0 Å². The second-order valence-electron chi connectivity index (χ2n) is 8.74. The van der Waals surface area contributed by atoms with Crippen LogP contribution in [-0.2, 0) is 27.2 Å². The van der Waals surface area contributed by atoms with Gasteiger partial charge >= 0.3 is 12.1 Å². The van der Waals surface area contributed by atoms with Crippen molar-refractivity contribution in [1.29, 1.82) is 0 Å². The van der Waals surface area contributed by atoms with Crippen molar-refractivity contribution < 1.29 is 23.9 Å². The maximum Gasteiger partial charge on any atom is 0.410 e. The van der Waals surface area contributed by atoms with Crippen molar-refractivity contribution in [3.05, 3.63) is 15.6 Å². The standard InChI is InChI=1S/C20H30N4O5S/c1-20(2,3)29-19(27)23-8-9-24(13(11-23)10-16(25)28-5)18(26)17-21-14-6-7-22(4)12-15(14)30-17/h13H,6-12H2,1-5H3. The summed E-state index contributed by atoms with van der Waals surface area (Å²) in [6.07, 6.45) is 0.389. The molecule has 3 heterocycles. The van der Waals surface area contributed by atoms with Crippen LogP contribution in [0.15, 0.2) is 0 Å². The maximum atomic E-state index is 13.3. The Bertz CT molecular complexity index is 819. The number of hydrogen-bond acceptors (Lipinski definition) is 8. The van der Waals surface area contributed by atoms with Crippen LogP contribution in [0.25, 0.3) is 0 Å². The molecule has 0 spiro atoms. The van der Waals surface area contributed by atoms with Gasteiger partial charge in [0.1, 0.15) is 5.60 Å². The van der Waals surface area contributed by atoms with Gasteiger partial charge in [0.25, 0.3) is 5.91 Å². The Hall–Kier alpha value is -2.20. The Morgan fingerprint density at radius 1 is 1.20 bits per heavy atom. The lowest BCUT2D eigenvalue weighted by Gasteiger charge is -2.40. The molecule has 3 rings (SSSR count). The van der Waals surface area contributed by atoms with Gasteiger partial charge in [-0.25, -0.2) is 9.78 Å². The first-order valence-electron chi connectivity index (χ1n) is 10.1. The molecule has 1 saturated heterocycles. The van der Waals surface area contributed by atoms with Gasteiger partial charge in [-0.15, -0.1) is 11.3 Å². The second-order valence-corrected chi connectivity index (χ2v) is 9.82. The van der Waals surface area contributed by atoms with Gasteiger partial charge in [0, 0.05) is 44.0 Å². The van der Waals surface area contributed by atoms with Gasteiger partial charge in [-0.1, -0.05) is 0 Å².